The highest BCUT2D eigenvalue weighted by atomic mass is 32.1. The third kappa shape index (κ3) is 5.60. The van der Waals surface area contributed by atoms with E-state index in [9.17, 15) is 9.59 Å². The van der Waals surface area contributed by atoms with Crippen molar-refractivity contribution in [1.29, 1.82) is 0 Å². The van der Waals surface area contributed by atoms with Crippen LogP contribution in [0.2, 0.25) is 0 Å². The summed E-state index contributed by atoms with van der Waals surface area (Å²) in [6.45, 7) is 8.38. The van der Waals surface area contributed by atoms with Crippen LogP contribution in [0, 0.1) is 6.92 Å². The molecule has 7 nitrogen and oxygen atoms in total. The third-order valence-electron chi connectivity index (χ3n) is 4.48. The average Bonchev–Trinajstić information content (AvgIpc) is 3.06. The van der Waals surface area contributed by atoms with Crippen molar-refractivity contribution in [3.8, 4) is 0 Å². The number of aromatic nitrogens is 1. The Morgan fingerprint density at radius 3 is 2.68 bits per heavy atom. The zero-order chi connectivity index (χ0) is 20.1. The molecule has 2 amide bonds. The molecule has 8 heteroatoms. The summed E-state index contributed by atoms with van der Waals surface area (Å²) in [5, 5.41) is 7.89. The summed E-state index contributed by atoms with van der Waals surface area (Å²) >= 11 is 1.39. The fourth-order valence-corrected chi connectivity index (χ4v) is 4.04. The fourth-order valence-electron chi connectivity index (χ4n) is 3.33. The number of nitrogens with zero attached hydrogens (tertiary/aromatic N) is 2. The summed E-state index contributed by atoms with van der Waals surface area (Å²) in [5.41, 5.74) is 2.36. The lowest BCUT2D eigenvalue weighted by Gasteiger charge is -2.34. The van der Waals surface area contributed by atoms with Gasteiger partial charge in [0.25, 0.3) is 5.91 Å². The summed E-state index contributed by atoms with van der Waals surface area (Å²) < 4.78 is 5.75. The Bertz CT molecular complexity index is 828. The number of hydrogen-bond donors (Lipinski definition) is 2. The monoisotopic (exact) mass is 402 g/mol. The van der Waals surface area contributed by atoms with Gasteiger partial charge in [-0.15, -0.1) is 11.3 Å². The van der Waals surface area contributed by atoms with E-state index < -0.39 is 0 Å². The zero-order valence-electron chi connectivity index (χ0n) is 16.4. The summed E-state index contributed by atoms with van der Waals surface area (Å²) in [6.07, 6.45) is 0.414. The van der Waals surface area contributed by atoms with Gasteiger partial charge in [-0.2, -0.15) is 0 Å². The summed E-state index contributed by atoms with van der Waals surface area (Å²) in [6, 6.07) is 7.28. The predicted octanol–water partition coefficient (Wildman–Crippen LogP) is 2.43. The Balaban J connectivity index is 1.47. The van der Waals surface area contributed by atoms with Gasteiger partial charge in [0.15, 0.2) is 5.13 Å². The highest BCUT2D eigenvalue weighted by Gasteiger charge is 2.22. The first-order valence-electron chi connectivity index (χ1n) is 9.36. The zero-order valence-corrected chi connectivity index (χ0v) is 17.2. The lowest BCUT2D eigenvalue weighted by molar-refractivity contribution is -0.115. The molecule has 2 unspecified atom stereocenters. The van der Waals surface area contributed by atoms with E-state index in [1.165, 1.54) is 11.3 Å². The number of carbonyl (C=O) groups excluding carboxylic acids is 2. The molecule has 28 heavy (non-hydrogen) atoms. The number of aryl methyl sites for hydroxylation is 1. The maximum absolute atomic E-state index is 12.2. The van der Waals surface area contributed by atoms with Gasteiger partial charge in [-0.3, -0.25) is 14.5 Å². The molecule has 2 atom stereocenters. The number of nitrogens with one attached hydrogen (secondary N) is 2. The number of amides is 2. The van der Waals surface area contributed by atoms with Crippen LogP contribution in [0.4, 0.5) is 5.13 Å². The highest BCUT2D eigenvalue weighted by molar-refractivity contribution is 7.13. The first-order valence-corrected chi connectivity index (χ1v) is 10.2. The molecule has 1 aliphatic heterocycles. The molecular formula is C20H26N4O3S. The van der Waals surface area contributed by atoms with Crippen molar-refractivity contribution in [2.24, 2.45) is 0 Å². The lowest BCUT2D eigenvalue weighted by atomic mass is 10.1. The molecule has 2 aromatic rings. The Labute approximate surface area is 169 Å². The molecule has 0 radical (unpaired) electrons. The van der Waals surface area contributed by atoms with Crippen molar-refractivity contribution < 1.29 is 14.3 Å². The largest absolute Gasteiger partial charge is 0.373 e. The first kappa shape index (κ1) is 20.4. The van der Waals surface area contributed by atoms with E-state index in [1.807, 2.05) is 24.4 Å². The van der Waals surface area contributed by atoms with E-state index >= 15 is 0 Å². The quantitative estimate of drug-likeness (QED) is 0.775. The summed E-state index contributed by atoms with van der Waals surface area (Å²) in [4.78, 5) is 31.1. The van der Waals surface area contributed by atoms with Gasteiger partial charge in [0.05, 0.1) is 24.4 Å². The second kappa shape index (κ2) is 9.27. The van der Waals surface area contributed by atoms with Gasteiger partial charge < -0.3 is 15.4 Å². The van der Waals surface area contributed by atoms with E-state index in [0.717, 1.165) is 30.9 Å². The van der Waals surface area contributed by atoms with E-state index in [4.69, 9.17) is 4.74 Å². The van der Waals surface area contributed by atoms with Gasteiger partial charge in [0, 0.05) is 30.6 Å². The lowest BCUT2D eigenvalue weighted by Crippen LogP contribution is -2.44. The van der Waals surface area contributed by atoms with Gasteiger partial charge in [-0.1, -0.05) is 18.2 Å². The molecule has 1 saturated heterocycles. The van der Waals surface area contributed by atoms with Gasteiger partial charge >= 0.3 is 0 Å². The first-order chi connectivity index (χ1) is 13.4. The van der Waals surface area contributed by atoms with Crippen molar-refractivity contribution in [1.82, 2.24) is 15.2 Å². The number of anilines is 1. The Hall–Kier alpha value is -2.29. The van der Waals surface area contributed by atoms with Crippen LogP contribution in [0.15, 0.2) is 29.6 Å². The van der Waals surface area contributed by atoms with Crippen LogP contribution in [-0.2, 0) is 16.1 Å². The molecule has 1 aromatic carbocycles. The van der Waals surface area contributed by atoms with Crippen LogP contribution >= 0.6 is 11.3 Å². The van der Waals surface area contributed by atoms with E-state index in [-0.39, 0.29) is 30.6 Å². The number of ether oxygens (including phenoxy) is 1. The summed E-state index contributed by atoms with van der Waals surface area (Å²) in [5.74, 6) is -0.555. The Morgan fingerprint density at radius 2 is 1.96 bits per heavy atom. The van der Waals surface area contributed by atoms with Crippen molar-refractivity contribution in [3.63, 3.8) is 0 Å². The third-order valence-corrected chi connectivity index (χ3v) is 5.28. The minimum Gasteiger partial charge on any atom is -0.373 e. The molecule has 1 fully saturated rings. The highest BCUT2D eigenvalue weighted by Crippen LogP contribution is 2.19. The Morgan fingerprint density at radius 1 is 1.25 bits per heavy atom. The van der Waals surface area contributed by atoms with Gasteiger partial charge in [-0.05, 0) is 32.4 Å². The van der Waals surface area contributed by atoms with E-state index in [1.54, 1.807) is 12.1 Å². The number of benzene rings is 1. The van der Waals surface area contributed by atoms with Gasteiger partial charge in [0.2, 0.25) is 5.91 Å². The number of carbonyl (C=O) groups is 2. The molecule has 0 bridgehead atoms. The Kier molecular flexibility index (Phi) is 6.77. The minimum absolute atomic E-state index is 0.0967. The molecule has 0 saturated carbocycles. The number of thiazole rings is 1. The molecule has 3 rings (SSSR count). The molecule has 1 aliphatic rings. The normalized spacial score (nSPS) is 20.0. The van der Waals surface area contributed by atoms with Crippen molar-refractivity contribution >= 4 is 28.3 Å². The SMILES string of the molecule is Cc1ccccc1C(=O)NCC(=O)Nc1nc(CN2CC(C)OC(C)C2)cs1. The fraction of sp³-hybridized carbons (Fsp3) is 0.450. The maximum Gasteiger partial charge on any atom is 0.251 e. The molecule has 2 heterocycles. The number of rotatable bonds is 6. The molecule has 150 valence electrons. The molecule has 1 aromatic heterocycles. The van der Waals surface area contributed by atoms with Gasteiger partial charge in [0.1, 0.15) is 0 Å². The smallest absolute Gasteiger partial charge is 0.251 e. The van der Waals surface area contributed by atoms with Gasteiger partial charge in [-0.25, -0.2) is 4.98 Å². The predicted molar refractivity (Wildman–Crippen MR) is 110 cm³/mol. The second-order valence-corrected chi connectivity index (χ2v) is 8.00. The molecule has 0 aliphatic carbocycles. The topological polar surface area (TPSA) is 83.6 Å². The molecular weight excluding hydrogens is 376 g/mol. The van der Waals surface area contributed by atoms with E-state index in [0.29, 0.717) is 10.7 Å². The van der Waals surface area contributed by atoms with E-state index in [2.05, 4.69) is 34.4 Å². The number of morpholine rings is 1. The summed E-state index contributed by atoms with van der Waals surface area (Å²) in [7, 11) is 0. The maximum atomic E-state index is 12.2. The van der Waals surface area contributed by atoms with Crippen molar-refractivity contribution in [2.45, 2.75) is 39.5 Å². The van der Waals surface area contributed by atoms with Crippen LogP contribution in [-0.4, -0.2) is 53.5 Å². The minimum atomic E-state index is -0.295. The van der Waals surface area contributed by atoms with Crippen LogP contribution in [0.25, 0.3) is 0 Å². The standard InChI is InChI=1S/C20H26N4O3S/c1-13-6-4-5-7-17(13)19(26)21-8-18(25)23-20-22-16(12-28-20)11-24-9-14(2)27-15(3)10-24/h4-7,12,14-15H,8-11H2,1-3H3,(H,21,26)(H,22,23,25). The van der Waals surface area contributed by atoms with Crippen molar-refractivity contribution in [2.75, 3.05) is 25.0 Å². The molecule has 0 spiro atoms. The van der Waals surface area contributed by atoms with Crippen LogP contribution < -0.4 is 10.6 Å². The van der Waals surface area contributed by atoms with Crippen LogP contribution in [0.3, 0.4) is 0 Å². The number of hydrogen-bond acceptors (Lipinski definition) is 6. The van der Waals surface area contributed by atoms with Crippen molar-refractivity contribution in [3.05, 3.63) is 46.5 Å². The van der Waals surface area contributed by atoms with Crippen LogP contribution in [0.5, 0.6) is 0 Å². The second-order valence-electron chi connectivity index (χ2n) is 7.14. The van der Waals surface area contributed by atoms with Crippen LogP contribution in [0.1, 0.15) is 35.5 Å². The average molecular weight is 403 g/mol. The molecule has 2 N–H and O–H groups in total.